The summed E-state index contributed by atoms with van der Waals surface area (Å²) in [7, 11) is 0. The third-order valence-electron chi connectivity index (χ3n) is 6.17. The molecule has 1 amide bonds. The minimum Gasteiger partial charge on any atom is -0.374 e. The summed E-state index contributed by atoms with van der Waals surface area (Å²) in [4.78, 5) is 18.9. The number of anilines is 2. The summed E-state index contributed by atoms with van der Waals surface area (Å²) in [5.41, 5.74) is 3.67. The Kier molecular flexibility index (Phi) is 6.35. The molecule has 2 aliphatic heterocycles. The predicted octanol–water partition coefficient (Wildman–Crippen LogP) is 2.01. The summed E-state index contributed by atoms with van der Waals surface area (Å²) in [5, 5.41) is 3.39. The van der Waals surface area contributed by atoms with E-state index >= 15 is 0 Å². The van der Waals surface area contributed by atoms with E-state index in [9.17, 15) is 4.79 Å². The summed E-state index contributed by atoms with van der Waals surface area (Å²) in [6.45, 7) is 9.01. The van der Waals surface area contributed by atoms with Gasteiger partial charge in [0, 0.05) is 30.0 Å². The molecule has 2 fully saturated rings. The van der Waals surface area contributed by atoms with Gasteiger partial charge in [-0.3, -0.25) is 4.79 Å². The zero-order valence-corrected chi connectivity index (χ0v) is 17.4. The van der Waals surface area contributed by atoms with E-state index in [1.807, 2.05) is 11.8 Å². The minimum absolute atomic E-state index is 0.201. The molecule has 2 aliphatic rings. The number of nitrogens with one attached hydrogen (secondary N) is 2. The Morgan fingerprint density at radius 1 is 0.966 bits per heavy atom. The van der Waals surface area contributed by atoms with Gasteiger partial charge in [0.25, 0.3) is 0 Å². The highest BCUT2D eigenvalue weighted by Gasteiger charge is 2.27. The zero-order chi connectivity index (χ0) is 20.1. The van der Waals surface area contributed by atoms with E-state index in [1.54, 1.807) is 4.90 Å². The molecule has 0 unspecified atom stereocenters. The van der Waals surface area contributed by atoms with Crippen LogP contribution >= 0.6 is 0 Å². The van der Waals surface area contributed by atoms with Gasteiger partial charge in [-0.05, 0) is 44.0 Å². The normalized spacial score (nSPS) is 18.7. The first-order chi connectivity index (χ1) is 14.2. The number of carbonyl (C=O) groups excluding carboxylic acids is 1. The van der Waals surface area contributed by atoms with Crippen LogP contribution < -0.4 is 15.1 Å². The van der Waals surface area contributed by atoms with E-state index in [4.69, 9.17) is 0 Å². The predicted molar refractivity (Wildman–Crippen MR) is 118 cm³/mol. The number of nitrogens with zero attached hydrogens (tertiary/aromatic N) is 2. The van der Waals surface area contributed by atoms with Gasteiger partial charge in [0.1, 0.15) is 12.6 Å². The van der Waals surface area contributed by atoms with Crippen molar-refractivity contribution in [3.8, 4) is 0 Å². The van der Waals surface area contributed by atoms with Gasteiger partial charge in [-0.25, -0.2) is 0 Å². The number of hydrogen-bond donors (Lipinski definition) is 2. The molecule has 29 heavy (non-hydrogen) atoms. The lowest BCUT2D eigenvalue weighted by molar-refractivity contribution is -0.917. The Hall–Kier alpha value is -2.53. The lowest BCUT2D eigenvalue weighted by Crippen LogP contribution is -3.13. The Balaban J connectivity index is 1.25. The standard InChI is InChI=1S/C24H32N4O/c1-20(25-22-9-11-23(12-10-22)27-13-5-6-14-27)24(29)28-17-15-26(16-18-28)19-21-7-3-2-4-8-21/h2-4,7-12,20,25H,5-6,13-19H2,1H3/p+1/t20-/m1/s1. The molecule has 0 radical (unpaired) electrons. The van der Waals surface area contributed by atoms with E-state index in [-0.39, 0.29) is 11.9 Å². The van der Waals surface area contributed by atoms with Crippen LogP contribution in [0.25, 0.3) is 0 Å². The fourth-order valence-electron chi connectivity index (χ4n) is 4.43. The van der Waals surface area contributed by atoms with Gasteiger partial charge >= 0.3 is 0 Å². The Morgan fingerprint density at radius 3 is 2.28 bits per heavy atom. The molecular weight excluding hydrogens is 360 g/mol. The number of piperazine rings is 1. The summed E-state index contributed by atoms with van der Waals surface area (Å²) < 4.78 is 0. The van der Waals surface area contributed by atoms with Crippen LogP contribution in [0.15, 0.2) is 54.6 Å². The van der Waals surface area contributed by atoms with Crippen LogP contribution in [0.3, 0.4) is 0 Å². The molecule has 2 aromatic rings. The number of carbonyl (C=O) groups is 1. The maximum atomic E-state index is 12.9. The van der Waals surface area contributed by atoms with Crippen LogP contribution in [-0.2, 0) is 11.3 Å². The Bertz CT molecular complexity index is 778. The quantitative estimate of drug-likeness (QED) is 0.789. The second-order valence-corrected chi connectivity index (χ2v) is 8.34. The molecule has 0 spiro atoms. The molecule has 154 valence electrons. The smallest absolute Gasteiger partial charge is 0.245 e. The summed E-state index contributed by atoms with van der Waals surface area (Å²) in [6.07, 6.45) is 2.57. The van der Waals surface area contributed by atoms with E-state index in [2.05, 4.69) is 64.8 Å². The van der Waals surface area contributed by atoms with Crippen LogP contribution in [0.4, 0.5) is 11.4 Å². The van der Waals surface area contributed by atoms with E-state index < -0.39 is 0 Å². The van der Waals surface area contributed by atoms with Crippen LogP contribution in [-0.4, -0.2) is 56.1 Å². The fraction of sp³-hybridized carbons (Fsp3) is 0.458. The van der Waals surface area contributed by atoms with Crippen LogP contribution in [0.2, 0.25) is 0 Å². The summed E-state index contributed by atoms with van der Waals surface area (Å²) >= 11 is 0. The molecule has 0 bridgehead atoms. The van der Waals surface area contributed by atoms with Crippen molar-refractivity contribution in [1.29, 1.82) is 0 Å². The first kappa shape index (κ1) is 19.8. The van der Waals surface area contributed by atoms with Crippen molar-refractivity contribution in [3.63, 3.8) is 0 Å². The highest BCUT2D eigenvalue weighted by molar-refractivity contribution is 5.84. The third-order valence-corrected chi connectivity index (χ3v) is 6.17. The van der Waals surface area contributed by atoms with Crippen LogP contribution in [0.1, 0.15) is 25.3 Å². The van der Waals surface area contributed by atoms with Crippen molar-refractivity contribution in [2.45, 2.75) is 32.4 Å². The average molecular weight is 394 g/mol. The third kappa shape index (κ3) is 5.10. The molecule has 2 heterocycles. The average Bonchev–Trinajstić information content (AvgIpc) is 3.30. The van der Waals surface area contributed by atoms with Crippen molar-refractivity contribution in [2.75, 3.05) is 49.5 Å². The van der Waals surface area contributed by atoms with Gasteiger partial charge in [0.05, 0.1) is 26.2 Å². The molecule has 2 N–H and O–H groups in total. The van der Waals surface area contributed by atoms with Crippen molar-refractivity contribution < 1.29 is 9.69 Å². The zero-order valence-electron chi connectivity index (χ0n) is 17.4. The molecule has 1 atom stereocenters. The van der Waals surface area contributed by atoms with Gasteiger partial charge in [0.2, 0.25) is 5.91 Å². The topological polar surface area (TPSA) is 40.0 Å². The first-order valence-corrected chi connectivity index (χ1v) is 11.0. The molecule has 0 aromatic heterocycles. The second-order valence-electron chi connectivity index (χ2n) is 8.34. The Labute approximate surface area is 174 Å². The molecule has 0 aliphatic carbocycles. The van der Waals surface area contributed by atoms with Crippen LogP contribution in [0, 0.1) is 0 Å². The number of rotatable bonds is 6. The van der Waals surface area contributed by atoms with Gasteiger partial charge in [-0.1, -0.05) is 30.3 Å². The van der Waals surface area contributed by atoms with Gasteiger partial charge < -0.3 is 20.0 Å². The van der Waals surface area contributed by atoms with E-state index in [0.717, 1.165) is 51.5 Å². The maximum Gasteiger partial charge on any atom is 0.245 e. The number of amides is 1. The lowest BCUT2D eigenvalue weighted by Gasteiger charge is -2.34. The van der Waals surface area contributed by atoms with Gasteiger partial charge in [0.15, 0.2) is 0 Å². The monoisotopic (exact) mass is 393 g/mol. The molecule has 0 saturated carbocycles. The maximum absolute atomic E-state index is 12.9. The second kappa shape index (κ2) is 9.31. The summed E-state index contributed by atoms with van der Waals surface area (Å²) in [5.74, 6) is 0.201. The minimum atomic E-state index is -0.205. The summed E-state index contributed by atoms with van der Waals surface area (Å²) in [6, 6.07) is 18.9. The molecule has 4 rings (SSSR count). The van der Waals surface area contributed by atoms with Crippen molar-refractivity contribution >= 4 is 17.3 Å². The van der Waals surface area contributed by atoms with Crippen molar-refractivity contribution in [2.24, 2.45) is 0 Å². The SMILES string of the molecule is C[C@@H](Nc1ccc(N2CCCC2)cc1)C(=O)N1CC[NH+](Cc2ccccc2)CC1. The molecule has 2 aromatic carbocycles. The van der Waals surface area contributed by atoms with Gasteiger partial charge in [-0.2, -0.15) is 0 Å². The molecular formula is C24H33N4O+. The number of hydrogen-bond acceptors (Lipinski definition) is 3. The fourth-order valence-corrected chi connectivity index (χ4v) is 4.43. The molecule has 2 saturated heterocycles. The van der Waals surface area contributed by atoms with E-state index in [0.29, 0.717) is 0 Å². The lowest BCUT2D eigenvalue weighted by atomic mass is 10.2. The van der Waals surface area contributed by atoms with E-state index in [1.165, 1.54) is 24.1 Å². The highest BCUT2D eigenvalue weighted by atomic mass is 16.2. The molecule has 5 nitrogen and oxygen atoms in total. The largest absolute Gasteiger partial charge is 0.374 e. The van der Waals surface area contributed by atoms with Crippen LogP contribution in [0.5, 0.6) is 0 Å². The highest BCUT2D eigenvalue weighted by Crippen LogP contribution is 2.22. The van der Waals surface area contributed by atoms with Gasteiger partial charge in [-0.15, -0.1) is 0 Å². The van der Waals surface area contributed by atoms with Crippen molar-refractivity contribution in [1.82, 2.24) is 4.90 Å². The molecule has 5 heteroatoms. The Morgan fingerprint density at radius 2 is 1.62 bits per heavy atom. The first-order valence-electron chi connectivity index (χ1n) is 11.0. The number of benzene rings is 2. The number of quaternary nitrogens is 1. The van der Waals surface area contributed by atoms with Crippen molar-refractivity contribution in [3.05, 3.63) is 60.2 Å².